The SMILES string of the molecule is Nc1c(-c2ccncc2)cnn1CCO. The van der Waals surface area contributed by atoms with E-state index in [4.69, 9.17) is 10.8 Å². The van der Waals surface area contributed by atoms with E-state index in [2.05, 4.69) is 10.1 Å². The number of pyridine rings is 1. The molecular formula is C10H12N4O. The summed E-state index contributed by atoms with van der Waals surface area (Å²) in [4.78, 5) is 3.94. The van der Waals surface area contributed by atoms with E-state index in [0.717, 1.165) is 11.1 Å². The highest BCUT2D eigenvalue weighted by molar-refractivity contribution is 5.72. The maximum atomic E-state index is 8.80. The van der Waals surface area contributed by atoms with Gasteiger partial charge in [0.05, 0.1) is 19.3 Å². The molecule has 5 nitrogen and oxygen atoms in total. The smallest absolute Gasteiger partial charge is 0.129 e. The average Bonchev–Trinajstić information content (AvgIpc) is 2.63. The molecule has 2 aromatic heterocycles. The van der Waals surface area contributed by atoms with Crippen LogP contribution in [0.2, 0.25) is 0 Å². The molecule has 2 heterocycles. The summed E-state index contributed by atoms with van der Waals surface area (Å²) in [6.45, 7) is 0.443. The Hall–Kier alpha value is -1.88. The third-order valence-corrected chi connectivity index (χ3v) is 2.18. The number of rotatable bonds is 3. The van der Waals surface area contributed by atoms with Crippen molar-refractivity contribution in [3.63, 3.8) is 0 Å². The second kappa shape index (κ2) is 4.10. The first kappa shape index (κ1) is 9.67. The van der Waals surface area contributed by atoms with Gasteiger partial charge in [-0.25, -0.2) is 4.68 Å². The summed E-state index contributed by atoms with van der Waals surface area (Å²) in [6.07, 6.45) is 5.11. The third kappa shape index (κ3) is 1.82. The van der Waals surface area contributed by atoms with Gasteiger partial charge in [0, 0.05) is 18.0 Å². The lowest BCUT2D eigenvalue weighted by atomic mass is 10.1. The van der Waals surface area contributed by atoms with Crippen molar-refractivity contribution in [2.24, 2.45) is 0 Å². The molecule has 0 saturated heterocycles. The van der Waals surface area contributed by atoms with Crippen LogP contribution in [-0.2, 0) is 6.54 Å². The quantitative estimate of drug-likeness (QED) is 0.764. The first-order chi connectivity index (χ1) is 7.33. The summed E-state index contributed by atoms with van der Waals surface area (Å²) < 4.78 is 1.58. The fourth-order valence-corrected chi connectivity index (χ4v) is 1.42. The molecule has 2 aromatic rings. The van der Waals surface area contributed by atoms with Gasteiger partial charge in [0.15, 0.2) is 0 Å². The fourth-order valence-electron chi connectivity index (χ4n) is 1.42. The normalized spacial score (nSPS) is 10.5. The molecule has 0 aliphatic rings. The molecule has 15 heavy (non-hydrogen) atoms. The van der Waals surface area contributed by atoms with Crippen molar-refractivity contribution in [1.82, 2.24) is 14.8 Å². The van der Waals surface area contributed by atoms with Gasteiger partial charge in [-0.3, -0.25) is 4.98 Å². The van der Waals surface area contributed by atoms with Crippen LogP contribution >= 0.6 is 0 Å². The Morgan fingerprint density at radius 3 is 2.73 bits per heavy atom. The Morgan fingerprint density at radius 1 is 1.33 bits per heavy atom. The minimum Gasteiger partial charge on any atom is -0.394 e. The van der Waals surface area contributed by atoms with Crippen molar-refractivity contribution in [2.45, 2.75) is 6.54 Å². The predicted octanol–water partition coefficient (Wildman–Crippen LogP) is 0.520. The largest absolute Gasteiger partial charge is 0.394 e. The minimum atomic E-state index is 0.0294. The number of nitrogens with zero attached hydrogens (tertiary/aromatic N) is 3. The van der Waals surface area contributed by atoms with Crippen molar-refractivity contribution >= 4 is 5.82 Å². The summed E-state index contributed by atoms with van der Waals surface area (Å²) >= 11 is 0. The lowest BCUT2D eigenvalue weighted by Crippen LogP contribution is -2.07. The van der Waals surface area contributed by atoms with Crippen LogP contribution in [0.25, 0.3) is 11.1 Å². The van der Waals surface area contributed by atoms with Crippen LogP contribution in [0.15, 0.2) is 30.7 Å². The summed E-state index contributed by atoms with van der Waals surface area (Å²) in [6, 6.07) is 3.74. The van der Waals surface area contributed by atoms with E-state index in [-0.39, 0.29) is 6.61 Å². The highest BCUT2D eigenvalue weighted by Crippen LogP contribution is 2.24. The van der Waals surface area contributed by atoms with Gasteiger partial charge in [0.25, 0.3) is 0 Å². The minimum absolute atomic E-state index is 0.0294. The summed E-state index contributed by atoms with van der Waals surface area (Å²) in [5, 5.41) is 12.9. The second-order valence-electron chi connectivity index (χ2n) is 3.13. The predicted molar refractivity (Wildman–Crippen MR) is 57.0 cm³/mol. The molecule has 0 aliphatic carbocycles. The van der Waals surface area contributed by atoms with Crippen molar-refractivity contribution in [3.8, 4) is 11.1 Å². The molecule has 3 N–H and O–H groups in total. The van der Waals surface area contributed by atoms with Crippen molar-refractivity contribution in [1.29, 1.82) is 0 Å². The van der Waals surface area contributed by atoms with Gasteiger partial charge in [0.2, 0.25) is 0 Å². The molecular weight excluding hydrogens is 192 g/mol. The molecule has 0 aromatic carbocycles. The van der Waals surface area contributed by atoms with E-state index in [1.807, 2.05) is 12.1 Å². The molecule has 0 spiro atoms. The Kier molecular flexibility index (Phi) is 2.64. The first-order valence-electron chi connectivity index (χ1n) is 4.65. The Morgan fingerprint density at radius 2 is 2.07 bits per heavy atom. The topological polar surface area (TPSA) is 77.0 Å². The molecule has 0 amide bonds. The number of hydrogen-bond donors (Lipinski definition) is 2. The lowest BCUT2D eigenvalue weighted by Gasteiger charge is -2.02. The molecule has 0 saturated carbocycles. The van der Waals surface area contributed by atoms with Crippen molar-refractivity contribution in [3.05, 3.63) is 30.7 Å². The Labute approximate surface area is 87.2 Å². The van der Waals surface area contributed by atoms with Crippen molar-refractivity contribution < 1.29 is 5.11 Å². The second-order valence-corrected chi connectivity index (χ2v) is 3.13. The fraction of sp³-hybridized carbons (Fsp3) is 0.200. The van der Waals surface area contributed by atoms with E-state index in [1.54, 1.807) is 23.3 Å². The van der Waals surface area contributed by atoms with E-state index in [1.165, 1.54) is 0 Å². The number of nitrogen functional groups attached to an aromatic ring is 1. The van der Waals surface area contributed by atoms with Crippen LogP contribution in [-0.4, -0.2) is 26.5 Å². The molecule has 0 aliphatic heterocycles. The van der Waals surface area contributed by atoms with Crippen LogP contribution in [0, 0.1) is 0 Å². The monoisotopic (exact) mass is 204 g/mol. The lowest BCUT2D eigenvalue weighted by molar-refractivity contribution is 0.270. The number of aromatic nitrogens is 3. The number of anilines is 1. The molecule has 0 unspecified atom stereocenters. The average molecular weight is 204 g/mol. The molecule has 0 radical (unpaired) electrons. The van der Waals surface area contributed by atoms with E-state index in [9.17, 15) is 0 Å². The van der Waals surface area contributed by atoms with Gasteiger partial charge in [-0.1, -0.05) is 0 Å². The third-order valence-electron chi connectivity index (χ3n) is 2.18. The van der Waals surface area contributed by atoms with Crippen molar-refractivity contribution in [2.75, 3.05) is 12.3 Å². The zero-order chi connectivity index (χ0) is 10.7. The van der Waals surface area contributed by atoms with Gasteiger partial charge < -0.3 is 10.8 Å². The first-order valence-corrected chi connectivity index (χ1v) is 4.65. The van der Waals surface area contributed by atoms with Crippen LogP contribution in [0.3, 0.4) is 0 Å². The van der Waals surface area contributed by atoms with Gasteiger partial charge in [-0.15, -0.1) is 0 Å². The van der Waals surface area contributed by atoms with Gasteiger partial charge >= 0.3 is 0 Å². The molecule has 78 valence electrons. The maximum absolute atomic E-state index is 8.80. The standard InChI is InChI=1S/C10H12N4O/c11-10-9(7-13-14(10)5-6-15)8-1-3-12-4-2-8/h1-4,7,15H,5-6,11H2. The van der Waals surface area contributed by atoms with Gasteiger partial charge in [-0.2, -0.15) is 5.10 Å². The van der Waals surface area contributed by atoms with Crippen LogP contribution < -0.4 is 5.73 Å². The summed E-state index contributed by atoms with van der Waals surface area (Å²) in [5.41, 5.74) is 7.74. The Balaban J connectivity index is 2.38. The molecule has 5 heteroatoms. The summed E-state index contributed by atoms with van der Waals surface area (Å²) in [5.74, 6) is 0.565. The van der Waals surface area contributed by atoms with Gasteiger partial charge in [0.1, 0.15) is 5.82 Å². The number of nitrogens with two attached hydrogens (primary N) is 1. The molecule has 0 bridgehead atoms. The Bertz CT molecular complexity index is 438. The molecule has 2 rings (SSSR count). The molecule has 0 fully saturated rings. The van der Waals surface area contributed by atoms with E-state index < -0.39 is 0 Å². The van der Waals surface area contributed by atoms with Crippen LogP contribution in [0.4, 0.5) is 5.82 Å². The van der Waals surface area contributed by atoms with Crippen LogP contribution in [0.1, 0.15) is 0 Å². The number of aliphatic hydroxyl groups excluding tert-OH is 1. The van der Waals surface area contributed by atoms with E-state index in [0.29, 0.717) is 12.4 Å². The zero-order valence-electron chi connectivity index (χ0n) is 8.17. The molecule has 0 atom stereocenters. The number of aliphatic hydroxyl groups is 1. The maximum Gasteiger partial charge on any atom is 0.129 e. The van der Waals surface area contributed by atoms with Gasteiger partial charge in [-0.05, 0) is 17.7 Å². The highest BCUT2D eigenvalue weighted by atomic mass is 16.3. The van der Waals surface area contributed by atoms with E-state index >= 15 is 0 Å². The van der Waals surface area contributed by atoms with Crippen LogP contribution in [0.5, 0.6) is 0 Å². The number of hydrogen-bond acceptors (Lipinski definition) is 4. The zero-order valence-corrected chi connectivity index (χ0v) is 8.17. The summed E-state index contributed by atoms with van der Waals surface area (Å²) in [7, 11) is 0. The highest BCUT2D eigenvalue weighted by Gasteiger charge is 2.08.